The van der Waals surface area contributed by atoms with E-state index in [-0.39, 0.29) is 10.8 Å². The molecule has 0 saturated carbocycles. The first-order valence-electron chi connectivity index (χ1n) is 10.9. The van der Waals surface area contributed by atoms with Gasteiger partial charge >= 0.3 is 0 Å². The predicted molar refractivity (Wildman–Crippen MR) is 121 cm³/mol. The molecule has 1 N–H and O–H groups in total. The monoisotopic (exact) mass is 428 g/mol. The number of sulfonamides is 1. The third-order valence-corrected chi connectivity index (χ3v) is 7.58. The second-order valence-corrected chi connectivity index (χ2v) is 9.99. The number of hydrogen-bond acceptors (Lipinski definition) is 3. The fourth-order valence-corrected chi connectivity index (χ4v) is 5.32. The molecule has 6 heteroatoms. The average molecular weight is 429 g/mol. The number of benzene rings is 2. The second-order valence-electron chi connectivity index (χ2n) is 8.05. The highest BCUT2D eigenvalue weighted by Crippen LogP contribution is 2.23. The molecular formula is C24H32N2O3S. The van der Waals surface area contributed by atoms with Gasteiger partial charge in [0.15, 0.2) is 0 Å². The fraction of sp³-hybridized carbons (Fsp3) is 0.458. The van der Waals surface area contributed by atoms with E-state index < -0.39 is 10.0 Å². The highest BCUT2D eigenvalue weighted by Gasteiger charge is 2.26. The lowest BCUT2D eigenvalue weighted by atomic mass is 10.1. The summed E-state index contributed by atoms with van der Waals surface area (Å²) in [4.78, 5) is 13.1. The zero-order chi connectivity index (χ0) is 21.6. The van der Waals surface area contributed by atoms with Crippen LogP contribution < -0.4 is 5.32 Å². The number of carbonyl (C=O) groups excluding carboxylic acids is 1. The minimum Gasteiger partial charge on any atom is -0.322 e. The van der Waals surface area contributed by atoms with Gasteiger partial charge < -0.3 is 5.32 Å². The van der Waals surface area contributed by atoms with E-state index in [1.54, 1.807) is 16.4 Å². The molecular weight excluding hydrogens is 396 g/mol. The lowest BCUT2D eigenvalue weighted by molar-refractivity contribution is 0.102. The topological polar surface area (TPSA) is 66.5 Å². The van der Waals surface area contributed by atoms with E-state index >= 15 is 0 Å². The molecule has 0 atom stereocenters. The molecule has 0 spiro atoms. The van der Waals surface area contributed by atoms with Crippen LogP contribution in [-0.4, -0.2) is 31.7 Å². The Bertz CT molecular complexity index is 960. The van der Waals surface area contributed by atoms with Gasteiger partial charge in [-0.05, 0) is 68.0 Å². The SMILES string of the molecule is CCCCc1ccc(NC(=O)c2cc(S(=O)(=O)N3CCCCCC3)ccc2C)cc1. The predicted octanol–water partition coefficient (Wildman–Crippen LogP) is 5.15. The molecule has 1 aliphatic heterocycles. The molecule has 1 fully saturated rings. The van der Waals surface area contributed by atoms with Crippen molar-refractivity contribution in [1.29, 1.82) is 0 Å². The van der Waals surface area contributed by atoms with Crippen LogP contribution in [0.1, 0.15) is 66.9 Å². The zero-order valence-electron chi connectivity index (χ0n) is 18.0. The maximum absolute atomic E-state index is 13.1. The molecule has 0 radical (unpaired) electrons. The molecule has 162 valence electrons. The van der Waals surface area contributed by atoms with Crippen molar-refractivity contribution < 1.29 is 13.2 Å². The van der Waals surface area contributed by atoms with E-state index in [9.17, 15) is 13.2 Å². The van der Waals surface area contributed by atoms with Gasteiger partial charge in [-0.25, -0.2) is 8.42 Å². The molecule has 30 heavy (non-hydrogen) atoms. The van der Waals surface area contributed by atoms with E-state index in [1.165, 1.54) is 11.6 Å². The van der Waals surface area contributed by atoms with Crippen molar-refractivity contribution in [2.45, 2.75) is 63.7 Å². The number of nitrogens with one attached hydrogen (secondary N) is 1. The summed E-state index contributed by atoms with van der Waals surface area (Å²) in [6.45, 7) is 5.08. The minimum atomic E-state index is -3.59. The number of amides is 1. The van der Waals surface area contributed by atoms with Crippen LogP contribution in [0.2, 0.25) is 0 Å². The normalized spacial score (nSPS) is 15.5. The summed E-state index contributed by atoms with van der Waals surface area (Å²) in [5.74, 6) is -0.290. The average Bonchev–Trinajstić information content (AvgIpc) is 3.03. The summed E-state index contributed by atoms with van der Waals surface area (Å²) in [5, 5.41) is 2.90. The Balaban J connectivity index is 1.78. The molecule has 1 aliphatic rings. The molecule has 1 saturated heterocycles. The van der Waals surface area contributed by atoms with E-state index in [2.05, 4.69) is 12.2 Å². The third-order valence-electron chi connectivity index (χ3n) is 5.69. The number of anilines is 1. The number of hydrogen-bond donors (Lipinski definition) is 1. The summed E-state index contributed by atoms with van der Waals surface area (Å²) in [7, 11) is -3.59. The number of nitrogens with zero attached hydrogens (tertiary/aromatic N) is 1. The standard InChI is InChI=1S/C24H32N2O3S/c1-3-4-9-20-11-13-21(14-12-20)25-24(27)23-18-22(15-10-19(23)2)30(28,29)26-16-7-5-6-8-17-26/h10-15,18H,3-9,16-17H2,1-2H3,(H,25,27). The van der Waals surface area contributed by atoms with E-state index in [4.69, 9.17) is 0 Å². The van der Waals surface area contributed by atoms with E-state index in [1.807, 2.05) is 31.2 Å². The van der Waals surface area contributed by atoms with Gasteiger partial charge in [-0.3, -0.25) is 4.79 Å². The lowest BCUT2D eigenvalue weighted by Crippen LogP contribution is -2.32. The van der Waals surface area contributed by atoms with Gasteiger partial charge in [0.25, 0.3) is 5.91 Å². The number of unbranched alkanes of at least 4 members (excludes halogenated alkanes) is 1. The molecule has 1 heterocycles. The Morgan fingerprint density at radius 3 is 2.30 bits per heavy atom. The van der Waals surface area contributed by atoms with Gasteiger partial charge in [-0.15, -0.1) is 0 Å². The van der Waals surface area contributed by atoms with Crippen molar-refractivity contribution in [2.24, 2.45) is 0 Å². The number of rotatable bonds is 7. The summed E-state index contributed by atoms with van der Waals surface area (Å²) in [5.41, 5.74) is 3.10. The minimum absolute atomic E-state index is 0.190. The summed E-state index contributed by atoms with van der Waals surface area (Å²) in [6, 6.07) is 12.7. The largest absolute Gasteiger partial charge is 0.322 e. The van der Waals surface area contributed by atoms with Gasteiger partial charge in [0, 0.05) is 24.3 Å². The van der Waals surface area contributed by atoms with Gasteiger partial charge in [0.1, 0.15) is 0 Å². The summed E-state index contributed by atoms with van der Waals surface area (Å²) >= 11 is 0. The molecule has 2 aromatic carbocycles. The maximum Gasteiger partial charge on any atom is 0.255 e. The number of aryl methyl sites for hydroxylation is 2. The van der Waals surface area contributed by atoms with Crippen LogP contribution in [0, 0.1) is 6.92 Å². The molecule has 5 nitrogen and oxygen atoms in total. The Kier molecular flexibility index (Phi) is 7.67. The maximum atomic E-state index is 13.1. The zero-order valence-corrected chi connectivity index (χ0v) is 18.8. The first-order valence-corrected chi connectivity index (χ1v) is 12.4. The quantitative estimate of drug-likeness (QED) is 0.663. The molecule has 0 unspecified atom stereocenters. The Morgan fingerprint density at radius 2 is 1.67 bits per heavy atom. The van der Waals surface area contributed by atoms with Crippen LogP contribution in [0.15, 0.2) is 47.4 Å². The van der Waals surface area contributed by atoms with Gasteiger partial charge in [0.2, 0.25) is 10.0 Å². The smallest absolute Gasteiger partial charge is 0.255 e. The van der Waals surface area contributed by atoms with Crippen molar-refractivity contribution in [1.82, 2.24) is 4.31 Å². The third kappa shape index (κ3) is 5.49. The van der Waals surface area contributed by atoms with Crippen molar-refractivity contribution in [2.75, 3.05) is 18.4 Å². The van der Waals surface area contributed by atoms with Crippen LogP contribution in [0.3, 0.4) is 0 Å². The van der Waals surface area contributed by atoms with Crippen LogP contribution >= 0.6 is 0 Å². The Hall–Kier alpha value is -2.18. The molecule has 0 aliphatic carbocycles. The molecule has 0 aromatic heterocycles. The van der Waals surface area contributed by atoms with Gasteiger partial charge in [-0.2, -0.15) is 4.31 Å². The first-order chi connectivity index (χ1) is 14.4. The van der Waals surface area contributed by atoms with Crippen LogP contribution in [0.4, 0.5) is 5.69 Å². The van der Waals surface area contributed by atoms with Crippen LogP contribution in [0.25, 0.3) is 0 Å². The van der Waals surface area contributed by atoms with Crippen molar-refractivity contribution in [3.63, 3.8) is 0 Å². The summed E-state index contributed by atoms with van der Waals surface area (Å²) in [6.07, 6.45) is 7.20. The first kappa shape index (κ1) is 22.5. The van der Waals surface area contributed by atoms with E-state index in [0.29, 0.717) is 24.3 Å². The molecule has 3 rings (SSSR count). The van der Waals surface area contributed by atoms with E-state index in [0.717, 1.165) is 50.5 Å². The lowest BCUT2D eigenvalue weighted by Gasteiger charge is -2.20. The van der Waals surface area contributed by atoms with Crippen LogP contribution in [-0.2, 0) is 16.4 Å². The van der Waals surface area contributed by atoms with Crippen LogP contribution in [0.5, 0.6) is 0 Å². The molecule has 2 aromatic rings. The van der Waals surface area contributed by atoms with Crippen molar-refractivity contribution in [3.8, 4) is 0 Å². The highest BCUT2D eigenvalue weighted by atomic mass is 32.2. The highest BCUT2D eigenvalue weighted by molar-refractivity contribution is 7.89. The van der Waals surface area contributed by atoms with Gasteiger partial charge in [-0.1, -0.05) is 44.4 Å². The molecule has 1 amide bonds. The Labute approximate surface area is 180 Å². The van der Waals surface area contributed by atoms with Crippen molar-refractivity contribution >= 4 is 21.6 Å². The Morgan fingerprint density at radius 1 is 1.00 bits per heavy atom. The fourth-order valence-electron chi connectivity index (χ4n) is 3.77. The molecule has 0 bridgehead atoms. The summed E-state index contributed by atoms with van der Waals surface area (Å²) < 4.78 is 27.8. The van der Waals surface area contributed by atoms with Crippen molar-refractivity contribution in [3.05, 3.63) is 59.2 Å². The second kappa shape index (κ2) is 10.2. The number of carbonyl (C=O) groups is 1. The van der Waals surface area contributed by atoms with Gasteiger partial charge in [0.05, 0.1) is 4.90 Å².